The van der Waals surface area contributed by atoms with E-state index in [0.29, 0.717) is 13.1 Å². The molecular weight excluding hydrogens is 218 g/mol. The van der Waals surface area contributed by atoms with E-state index in [1.807, 2.05) is 0 Å². The molecule has 0 spiro atoms. The zero-order valence-electron chi connectivity index (χ0n) is 11.0. The van der Waals surface area contributed by atoms with Gasteiger partial charge in [0.05, 0.1) is 6.54 Å². The van der Waals surface area contributed by atoms with Crippen LogP contribution in [0.5, 0.6) is 0 Å². The van der Waals surface area contributed by atoms with E-state index in [1.54, 1.807) is 23.9 Å². The van der Waals surface area contributed by atoms with E-state index in [-0.39, 0.29) is 17.9 Å². The molecule has 1 fully saturated rings. The normalized spacial score (nSPS) is 19.5. The minimum Gasteiger partial charge on any atom is -0.347 e. The summed E-state index contributed by atoms with van der Waals surface area (Å²) in [4.78, 5) is 27.1. The van der Waals surface area contributed by atoms with Crippen molar-refractivity contribution in [1.29, 1.82) is 0 Å². The third kappa shape index (κ3) is 3.70. The van der Waals surface area contributed by atoms with Gasteiger partial charge in [-0.2, -0.15) is 0 Å². The van der Waals surface area contributed by atoms with E-state index in [9.17, 15) is 9.59 Å². The average Bonchev–Trinajstić information content (AvgIpc) is 2.76. The number of carbonyl (C=O) groups is 2. The molecule has 2 amide bonds. The highest BCUT2D eigenvalue weighted by molar-refractivity contribution is 5.88. The van der Waals surface area contributed by atoms with E-state index in [0.717, 1.165) is 25.8 Å². The first-order chi connectivity index (χ1) is 8.07. The van der Waals surface area contributed by atoms with Crippen LogP contribution in [0, 0.1) is 0 Å². The van der Waals surface area contributed by atoms with Crippen LogP contribution in [0.2, 0.25) is 0 Å². The average molecular weight is 241 g/mol. The standard InChI is InChI=1S/C12H23N3O2/c1-4-7-13-9-11(16)15-8-5-6-10(15)12(17)14(2)3/h10,13H,4-9H2,1-3H3. The Bertz CT molecular complexity index is 279. The molecule has 1 aliphatic heterocycles. The van der Waals surface area contributed by atoms with Crippen molar-refractivity contribution in [2.45, 2.75) is 32.2 Å². The van der Waals surface area contributed by atoms with Crippen LogP contribution in [0.3, 0.4) is 0 Å². The Balaban J connectivity index is 2.51. The number of hydrogen-bond donors (Lipinski definition) is 1. The summed E-state index contributed by atoms with van der Waals surface area (Å²) in [5.74, 6) is 0.0718. The van der Waals surface area contributed by atoms with Gasteiger partial charge in [0, 0.05) is 20.6 Å². The molecule has 0 aromatic heterocycles. The number of rotatable bonds is 5. The first-order valence-electron chi connectivity index (χ1n) is 6.29. The largest absolute Gasteiger partial charge is 0.347 e. The number of nitrogens with zero attached hydrogens (tertiary/aromatic N) is 2. The van der Waals surface area contributed by atoms with Gasteiger partial charge in [0.2, 0.25) is 11.8 Å². The molecule has 5 heteroatoms. The van der Waals surface area contributed by atoms with Gasteiger partial charge >= 0.3 is 0 Å². The van der Waals surface area contributed by atoms with Crippen molar-refractivity contribution in [1.82, 2.24) is 15.1 Å². The first kappa shape index (κ1) is 14.0. The molecule has 0 aromatic carbocycles. The number of likely N-dealkylation sites (N-methyl/N-ethyl adjacent to an activating group) is 1. The summed E-state index contributed by atoms with van der Waals surface area (Å²) in [7, 11) is 3.47. The van der Waals surface area contributed by atoms with Crippen molar-refractivity contribution < 1.29 is 9.59 Å². The Hall–Kier alpha value is -1.10. The molecule has 17 heavy (non-hydrogen) atoms. The van der Waals surface area contributed by atoms with E-state index in [2.05, 4.69) is 12.2 Å². The van der Waals surface area contributed by atoms with E-state index in [1.165, 1.54) is 0 Å². The van der Waals surface area contributed by atoms with E-state index < -0.39 is 0 Å². The molecule has 0 saturated carbocycles. The first-order valence-corrected chi connectivity index (χ1v) is 6.29. The third-order valence-electron chi connectivity index (χ3n) is 3.00. The lowest BCUT2D eigenvalue weighted by molar-refractivity contribution is -0.141. The van der Waals surface area contributed by atoms with Crippen molar-refractivity contribution in [3.8, 4) is 0 Å². The van der Waals surface area contributed by atoms with Crippen molar-refractivity contribution >= 4 is 11.8 Å². The second-order valence-electron chi connectivity index (χ2n) is 4.65. The van der Waals surface area contributed by atoms with Gasteiger partial charge in [0.25, 0.3) is 0 Å². The monoisotopic (exact) mass is 241 g/mol. The molecule has 0 radical (unpaired) electrons. The highest BCUT2D eigenvalue weighted by Crippen LogP contribution is 2.18. The second-order valence-corrected chi connectivity index (χ2v) is 4.65. The zero-order chi connectivity index (χ0) is 12.8. The Kier molecular flexibility index (Phi) is 5.41. The number of nitrogens with one attached hydrogen (secondary N) is 1. The summed E-state index contributed by atoms with van der Waals surface area (Å²) in [5.41, 5.74) is 0. The molecule has 1 aliphatic rings. The lowest BCUT2D eigenvalue weighted by atomic mass is 10.2. The van der Waals surface area contributed by atoms with Gasteiger partial charge in [-0.3, -0.25) is 9.59 Å². The van der Waals surface area contributed by atoms with Gasteiger partial charge in [0.1, 0.15) is 6.04 Å². The topological polar surface area (TPSA) is 52.7 Å². The maximum absolute atomic E-state index is 12.0. The highest BCUT2D eigenvalue weighted by atomic mass is 16.2. The van der Waals surface area contributed by atoms with Crippen LogP contribution in [-0.2, 0) is 9.59 Å². The van der Waals surface area contributed by atoms with Gasteiger partial charge in [0.15, 0.2) is 0 Å². The Morgan fingerprint density at radius 2 is 2.12 bits per heavy atom. The van der Waals surface area contributed by atoms with Gasteiger partial charge in [-0.25, -0.2) is 0 Å². The molecule has 1 rings (SSSR count). The smallest absolute Gasteiger partial charge is 0.244 e. The lowest BCUT2D eigenvalue weighted by Gasteiger charge is -2.26. The summed E-state index contributed by atoms with van der Waals surface area (Å²) < 4.78 is 0. The minimum atomic E-state index is -0.249. The van der Waals surface area contributed by atoms with Crippen LogP contribution in [0.25, 0.3) is 0 Å². The van der Waals surface area contributed by atoms with Crippen molar-refractivity contribution in [2.24, 2.45) is 0 Å². The van der Waals surface area contributed by atoms with Crippen LogP contribution in [0.4, 0.5) is 0 Å². The molecular formula is C12H23N3O2. The predicted octanol–water partition coefficient (Wildman–Crippen LogP) is 0.0652. The molecule has 98 valence electrons. The van der Waals surface area contributed by atoms with Crippen LogP contribution < -0.4 is 5.32 Å². The summed E-state index contributed by atoms with van der Waals surface area (Å²) >= 11 is 0. The fourth-order valence-corrected chi connectivity index (χ4v) is 2.09. The van der Waals surface area contributed by atoms with Crippen LogP contribution >= 0.6 is 0 Å². The Morgan fingerprint density at radius 1 is 1.41 bits per heavy atom. The summed E-state index contributed by atoms with van der Waals surface area (Å²) in [5, 5.41) is 3.08. The van der Waals surface area contributed by atoms with Crippen molar-refractivity contribution in [2.75, 3.05) is 33.7 Å². The van der Waals surface area contributed by atoms with E-state index in [4.69, 9.17) is 0 Å². The number of amides is 2. The van der Waals surface area contributed by atoms with Gasteiger partial charge in [-0.05, 0) is 25.8 Å². The number of hydrogen-bond acceptors (Lipinski definition) is 3. The predicted molar refractivity (Wildman–Crippen MR) is 66.6 cm³/mol. The Labute approximate surface area is 103 Å². The molecule has 1 atom stereocenters. The fraction of sp³-hybridized carbons (Fsp3) is 0.833. The van der Waals surface area contributed by atoms with E-state index >= 15 is 0 Å². The number of likely N-dealkylation sites (tertiary alicyclic amines) is 1. The zero-order valence-corrected chi connectivity index (χ0v) is 11.0. The fourth-order valence-electron chi connectivity index (χ4n) is 2.09. The summed E-state index contributed by atoms with van der Waals surface area (Å²) in [6.07, 6.45) is 2.72. The van der Waals surface area contributed by atoms with Gasteiger partial charge in [-0.1, -0.05) is 6.92 Å². The lowest BCUT2D eigenvalue weighted by Crippen LogP contribution is -2.48. The van der Waals surface area contributed by atoms with Crippen LogP contribution in [-0.4, -0.2) is 61.4 Å². The SMILES string of the molecule is CCCNCC(=O)N1CCCC1C(=O)N(C)C. The second kappa shape index (κ2) is 6.59. The third-order valence-corrected chi connectivity index (χ3v) is 3.00. The molecule has 1 saturated heterocycles. The molecule has 5 nitrogen and oxygen atoms in total. The molecule has 1 heterocycles. The summed E-state index contributed by atoms with van der Waals surface area (Å²) in [6.45, 7) is 3.94. The maximum Gasteiger partial charge on any atom is 0.244 e. The quantitative estimate of drug-likeness (QED) is 0.693. The minimum absolute atomic E-state index is 0.0336. The summed E-state index contributed by atoms with van der Waals surface area (Å²) in [6, 6.07) is -0.249. The van der Waals surface area contributed by atoms with Gasteiger partial charge < -0.3 is 15.1 Å². The molecule has 1 N–H and O–H groups in total. The highest BCUT2D eigenvalue weighted by Gasteiger charge is 2.34. The van der Waals surface area contributed by atoms with Gasteiger partial charge in [-0.15, -0.1) is 0 Å². The molecule has 0 aromatic rings. The maximum atomic E-state index is 12.0. The molecule has 0 bridgehead atoms. The molecule has 0 aliphatic carbocycles. The van der Waals surface area contributed by atoms with Crippen molar-refractivity contribution in [3.05, 3.63) is 0 Å². The van der Waals surface area contributed by atoms with Crippen LogP contribution in [0.15, 0.2) is 0 Å². The molecule has 1 unspecified atom stereocenters. The Morgan fingerprint density at radius 3 is 2.71 bits per heavy atom. The van der Waals surface area contributed by atoms with Crippen molar-refractivity contribution in [3.63, 3.8) is 0 Å². The number of carbonyl (C=O) groups excluding carboxylic acids is 2. The van der Waals surface area contributed by atoms with Crippen LogP contribution in [0.1, 0.15) is 26.2 Å².